The van der Waals surface area contributed by atoms with E-state index in [2.05, 4.69) is 0 Å². The van der Waals surface area contributed by atoms with Crippen molar-refractivity contribution in [2.24, 2.45) is 5.73 Å². The molecule has 1 heterocycles. The summed E-state index contributed by atoms with van der Waals surface area (Å²) < 4.78 is 0. The molecule has 1 unspecified atom stereocenters. The van der Waals surface area contributed by atoms with Crippen LogP contribution in [0.15, 0.2) is 0 Å². The van der Waals surface area contributed by atoms with Gasteiger partial charge < -0.3 is 20.8 Å². The molecule has 0 radical (unpaired) electrons. The highest BCUT2D eigenvalue weighted by Gasteiger charge is 2.35. The molecule has 0 saturated carbocycles. The average molecular weight is 202 g/mol. The first-order valence-corrected chi connectivity index (χ1v) is 4.45. The van der Waals surface area contributed by atoms with Gasteiger partial charge in [-0.1, -0.05) is 0 Å². The lowest BCUT2D eigenvalue weighted by molar-refractivity contribution is -0.148. The summed E-state index contributed by atoms with van der Waals surface area (Å²) in [6.07, 6.45) is 0.239. The molecular weight excluding hydrogens is 188 g/mol. The van der Waals surface area contributed by atoms with Gasteiger partial charge in [0.15, 0.2) is 0 Å². The summed E-state index contributed by atoms with van der Waals surface area (Å²) >= 11 is 0. The Morgan fingerprint density at radius 3 is 2.71 bits per heavy atom. The summed E-state index contributed by atoms with van der Waals surface area (Å²) in [5, 5.41) is 17.5. The Morgan fingerprint density at radius 1 is 1.71 bits per heavy atom. The Kier molecular flexibility index (Phi) is 3.43. The number of aliphatic hydroxyl groups is 1. The zero-order valence-corrected chi connectivity index (χ0v) is 7.72. The van der Waals surface area contributed by atoms with E-state index in [1.807, 2.05) is 0 Å². The van der Waals surface area contributed by atoms with E-state index >= 15 is 0 Å². The predicted molar refractivity (Wildman–Crippen MR) is 47.4 cm³/mol. The Morgan fingerprint density at radius 2 is 2.36 bits per heavy atom. The van der Waals surface area contributed by atoms with Crippen molar-refractivity contribution in [2.75, 3.05) is 13.2 Å². The smallest absolute Gasteiger partial charge is 0.326 e. The summed E-state index contributed by atoms with van der Waals surface area (Å²) in [6, 6.07) is -1.23. The minimum atomic E-state index is -1.10. The van der Waals surface area contributed by atoms with Gasteiger partial charge in [0.2, 0.25) is 5.91 Å². The van der Waals surface area contributed by atoms with Gasteiger partial charge in [0.25, 0.3) is 0 Å². The van der Waals surface area contributed by atoms with Gasteiger partial charge in [-0.2, -0.15) is 0 Å². The second kappa shape index (κ2) is 4.39. The Balaban J connectivity index is 2.68. The number of nitrogens with two attached hydrogens (primary N) is 1. The van der Waals surface area contributed by atoms with Gasteiger partial charge in [0, 0.05) is 32.0 Å². The number of likely N-dealkylation sites (tertiary alicyclic amines) is 1. The van der Waals surface area contributed by atoms with Crippen molar-refractivity contribution in [3.8, 4) is 0 Å². The molecule has 6 heteroatoms. The van der Waals surface area contributed by atoms with Crippen molar-refractivity contribution in [1.82, 2.24) is 4.90 Å². The molecule has 0 bridgehead atoms. The van der Waals surface area contributed by atoms with Crippen LogP contribution >= 0.6 is 0 Å². The maximum atomic E-state index is 11.3. The van der Waals surface area contributed by atoms with Gasteiger partial charge >= 0.3 is 5.97 Å². The van der Waals surface area contributed by atoms with Gasteiger partial charge in [0.1, 0.15) is 6.04 Å². The quantitative estimate of drug-likeness (QED) is 0.508. The fourth-order valence-electron chi connectivity index (χ4n) is 1.60. The lowest BCUT2D eigenvalue weighted by Crippen LogP contribution is -2.43. The molecule has 14 heavy (non-hydrogen) atoms. The van der Waals surface area contributed by atoms with Crippen LogP contribution in [0.3, 0.4) is 0 Å². The standard InChI is InChI=1S/C8H14N2O4/c9-5-3-7(12)10(4-5)6(1-2-11)8(13)14/h5-6,11H,1-4,9H2,(H,13,14)/t5?,6-/m0/s1. The van der Waals surface area contributed by atoms with E-state index in [1.54, 1.807) is 0 Å². The highest BCUT2D eigenvalue weighted by molar-refractivity contribution is 5.85. The summed E-state index contributed by atoms with van der Waals surface area (Å²) in [6.45, 7) is 0.00574. The second-order valence-corrected chi connectivity index (χ2v) is 3.38. The van der Waals surface area contributed by atoms with Crippen LogP contribution in [-0.4, -0.2) is 52.2 Å². The molecular formula is C8H14N2O4. The van der Waals surface area contributed by atoms with Crippen molar-refractivity contribution in [3.05, 3.63) is 0 Å². The molecule has 1 rings (SSSR count). The number of carboxylic acid groups (broad SMARTS) is 1. The SMILES string of the molecule is NC1CC(=O)N([C@@H](CCO)C(=O)O)C1. The van der Waals surface area contributed by atoms with Gasteiger partial charge in [-0.25, -0.2) is 4.79 Å². The van der Waals surface area contributed by atoms with Crippen molar-refractivity contribution < 1.29 is 19.8 Å². The number of carbonyl (C=O) groups excluding carboxylic acids is 1. The minimum Gasteiger partial charge on any atom is -0.480 e. The summed E-state index contributed by atoms with van der Waals surface area (Å²) in [7, 11) is 0. The number of aliphatic carboxylic acids is 1. The third kappa shape index (κ3) is 2.21. The molecule has 1 amide bonds. The highest BCUT2D eigenvalue weighted by Crippen LogP contribution is 2.15. The highest BCUT2D eigenvalue weighted by atomic mass is 16.4. The van der Waals surface area contributed by atoms with Crippen LogP contribution in [0.1, 0.15) is 12.8 Å². The van der Waals surface area contributed by atoms with Gasteiger partial charge in [-0.15, -0.1) is 0 Å². The van der Waals surface area contributed by atoms with E-state index < -0.39 is 12.0 Å². The molecule has 80 valence electrons. The first-order valence-electron chi connectivity index (χ1n) is 4.45. The zero-order valence-electron chi connectivity index (χ0n) is 7.72. The summed E-state index contributed by atoms with van der Waals surface area (Å²) in [4.78, 5) is 23.3. The average Bonchev–Trinajstić information content (AvgIpc) is 2.40. The van der Waals surface area contributed by atoms with E-state index in [0.29, 0.717) is 0 Å². The Hall–Kier alpha value is -1.14. The fourth-order valence-corrected chi connectivity index (χ4v) is 1.60. The van der Waals surface area contributed by atoms with Crippen LogP contribution in [0.5, 0.6) is 0 Å². The van der Waals surface area contributed by atoms with Gasteiger partial charge in [-0.3, -0.25) is 4.79 Å². The van der Waals surface area contributed by atoms with Crippen molar-refractivity contribution in [3.63, 3.8) is 0 Å². The Labute approximate surface area is 81.3 Å². The molecule has 1 aliphatic heterocycles. The molecule has 1 saturated heterocycles. The van der Waals surface area contributed by atoms with E-state index in [9.17, 15) is 9.59 Å². The lowest BCUT2D eigenvalue weighted by atomic mass is 10.2. The summed E-state index contributed by atoms with van der Waals surface area (Å²) in [5.41, 5.74) is 5.53. The number of hydrogen-bond acceptors (Lipinski definition) is 4. The van der Waals surface area contributed by atoms with E-state index in [4.69, 9.17) is 15.9 Å². The molecule has 2 atom stereocenters. The number of amides is 1. The summed E-state index contributed by atoms with van der Waals surface area (Å²) in [5.74, 6) is -1.35. The molecule has 1 aliphatic rings. The molecule has 1 fully saturated rings. The molecule has 0 aromatic carbocycles. The van der Waals surface area contributed by atoms with Crippen molar-refractivity contribution >= 4 is 11.9 Å². The maximum absolute atomic E-state index is 11.3. The minimum absolute atomic E-state index is 0.0494. The van der Waals surface area contributed by atoms with Gasteiger partial charge in [-0.05, 0) is 0 Å². The predicted octanol–water partition coefficient (Wildman–Crippen LogP) is -1.62. The first kappa shape index (κ1) is 10.9. The van der Waals surface area contributed by atoms with Crippen LogP contribution < -0.4 is 5.73 Å². The molecule has 0 spiro atoms. The van der Waals surface area contributed by atoms with Crippen LogP contribution in [-0.2, 0) is 9.59 Å². The van der Waals surface area contributed by atoms with E-state index in [0.717, 1.165) is 0 Å². The number of carbonyl (C=O) groups is 2. The largest absolute Gasteiger partial charge is 0.480 e. The number of carboxylic acids is 1. The molecule has 0 aromatic heterocycles. The monoisotopic (exact) mass is 202 g/mol. The maximum Gasteiger partial charge on any atom is 0.326 e. The second-order valence-electron chi connectivity index (χ2n) is 3.38. The molecule has 0 aromatic rings. The normalized spacial score (nSPS) is 24.0. The fraction of sp³-hybridized carbons (Fsp3) is 0.750. The van der Waals surface area contributed by atoms with Crippen molar-refractivity contribution in [1.29, 1.82) is 0 Å². The number of nitrogens with zero attached hydrogens (tertiary/aromatic N) is 1. The number of aliphatic hydroxyl groups excluding tert-OH is 1. The number of rotatable bonds is 4. The molecule has 0 aliphatic carbocycles. The van der Waals surface area contributed by atoms with E-state index in [1.165, 1.54) is 4.90 Å². The lowest BCUT2D eigenvalue weighted by Gasteiger charge is -2.23. The topological polar surface area (TPSA) is 104 Å². The molecule has 6 nitrogen and oxygen atoms in total. The van der Waals surface area contributed by atoms with Crippen LogP contribution in [0, 0.1) is 0 Å². The molecule has 4 N–H and O–H groups in total. The number of hydrogen-bond donors (Lipinski definition) is 3. The van der Waals surface area contributed by atoms with Crippen molar-refractivity contribution in [2.45, 2.75) is 24.9 Å². The van der Waals surface area contributed by atoms with E-state index in [-0.39, 0.29) is 37.9 Å². The van der Waals surface area contributed by atoms with Gasteiger partial charge in [0.05, 0.1) is 0 Å². The third-order valence-electron chi connectivity index (χ3n) is 2.25. The Bertz CT molecular complexity index is 243. The van der Waals surface area contributed by atoms with Crippen LogP contribution in [0.4, 0.5) is 0 Å². The zero-order chi connectivity index (χ0) is 10.7. The van der Waals surface area contributed by atoms with Crippen LogP contribution in [0.25, 0.3) is 0 Å². The first-order chi connectivity index (χ1) is 6.56. The third-order valence-corrected chi connectivity index (χ3v) is 2.25. The van der Waals surface area contributed by atoms with Crippen LogP contribution in [0.2, 0.25) is 0 Å².